The molecule has 0 saturated heterocycles. The van der Waals surface area contributed by atoms with E-state index >= 15 is 0 Å². The maximum Gasteiger partial charge on any atom is 0.122 e. The highest BCUT2D eigenvalue weighted by Gasteiger charge is 2.29. The van der Waals surface area contributed by atoms with Crippen molar-refractivity contribution in [2.45, 2.75) is 60.1 Å². The standard InChI is InChI=1S/C15H28N2OS/c1-7-9-16-11(3)12-10-17-14(19-12)13(18-8-2)15(4,5)6/h10-11,13,16H,7-9H2,1-6H3. The van der Waals surface area contributed by atoms with Gasteiger partial charge < -0.3 is 10.1 Å². The summed E-state index contributed by atoms with van der Waals surface area (Å²) in [5, 5.41) is 4.59. The fourth-order valence-corrected chi connectivity index (χ4v) is 3.18. The fraction of sp³-hybridized carbons (Fsp3) is 0.800. The van der Waals surface area contributed by atoms with Gasteiger partial charge in [0.25, 0.3) is 0 Å². The molecule has 0 aliphatic heterocycles. The second kappa shape index (κ2) is 7.36. The van der Waals surface area contributed by atoms with Gasteiger partial charge in [-0.3, -0.25) is 0 Å². The Hall–Kier alpha value is -0.450. The first-order valence-electron chi connectivity index (χ1n) is 7.20. The average Bonchev–Trinajstić information content (AvgIpc) is 2.80. The molecule has 2 unspecified atom stereocenters. The third-order valence-electron chi connectivity index (χ3n) is 3.01. The quantitative estimate of drug-likeness (QED) is 0.809. The minimum absolute atomic E-state index is 0.0746. The number of rotatable bonds is 7. The third-order valence-corrected chi connectivity index (χ3v) is 4.24. The lowest BCUT2D eigenvalue weighted by molar-refractivity contribution is -0.0133. The Morgan fingerprint density at radius 3 is 2.58 bits per heavy atom. The highest BCUT2D eigenvalue weighted by molar-refractivity contribution is 7.11. The zero-order chi connectivity index (χ0) is 14.5. The van der Waals surface area contributed by atoms with E-state index in [4.69, 9.17) is 4.74 Å². The lowest BCUT2D eigenvalue weighted by Gasteiger charge is -2.28. The van der Waals surface area contributed by atoms with Gasteiger partial charge in [-0.2, -0.15) is 0 Å². The van der Waals surface area contributed by atoms with Gasteiger partial charge in [-0.1, -0.05) is 27.7 Å². The molecule has 2 atom stereocenters. The predicted octanol–water partition coefficient (Wildman–Crippen LogP) is 4.33. The first-order valence-corrected chi connectivity index (χ1v) is 8.02. The minimum Gasteiger partial charge on any atom is -0.371 e. The van der Waals surface area contributed by atoms with E-state index < -0.39 is 0 Å². The molecule has 0 aromatic carbocycles. The lowest BCUT2D eigenvalue weighted by Crippen LogP contribution is -2.21. The van der Waals surface area contributed by atoms with Gasteiger partial charge in [0.05, 0.1) is 0 Å². The van der Waals surface area contributed by atoms with Crippen LogP contribution < -0.4 is 5.32 Å². The van der Waals surface area contributed by atoms with Crippen molar-refractivity contribution in [3.8, 4) is 0 Å². The van der Waals surface area contributed by atoms with E-state index in [1.807, 2.05) is 13.1 Å². The molecule has 0 amide bonds. The molecular formula is C15H28N2OS. The number of nitrogens with one attached hydrogen (secondary N) is 1. The summed E-state index contributed by atoms with van der Waals surface area (Å²) in [5.41, 5.74) is 0.0746. The van der Waals surface area contributed by atoms with Gasteiger partial charge in [0.2, 0.25) is 0 Å². The average molecular weight is 284 g/mol. The van der Waals surface area contributed by atoms with Crippen molar-refractivity contribution in [1.82, 2.24) is 10.3 Å². The van der Waals surface area contributed by atoms with Gasteiger partial charge in [-0.15, -0.1) is 11.3 Å². The highest BCUT2D eigenvalue weighted by Crippen LogP contribution is 2.38. The number of aromatic nitrogens is 1. The van der Waals surface area contributed by atoms with Crippen molar-refractivity contribution in [2.75, 3.05) is 13.2 Å². The van der Waals surface area contributed by atoms with Gasteiger partial charge in [0.1, 0.15) is 11.1 Å². The molecule has 0 aliphatic carbocycles. The minimum atomic E-state index is 0.0746. The summed E-state index contributed by atoms with van der Waals surface area (Å²) in [7, 11) is 0. The highest BCUT2D eigenvalue weighted by atomic mass is 32.1. The number of ether oxygens (including phenoxy) is 1. The molecule has 4 heteroatoms. The van der Waals surface area contributed by atoms with Crippen molar-refractivity contribution in [3.05, 3.63) is 16.1 Å². The van der Waals surface area contributed by atoms with Crippen molar-refractivity contribution >= 4 is 11.3 Å². The van der Waals surface area contributed by atoms with Crippen LogP contribution in [-0.2, 0) is 4.74 Å². The van der Waals surface area contributed by atoms with E-state index in [1.54, 1.807) is 11.3 Å². The van der Waals surface area contributed by atoms with Crippen LogP contribution in [0.1, 0.15) is 70.0 Å². The molecule has 0 fully saturated rings. The molecule has 0 aliphatic rings. The molecule has 0 bridgehead atoms. The third kappa shape index (κ3) is 4.86. The largest absolute Gasteiger partial charge is 0.371 e. The maximum absolute atomic E-state index is 5.89. The van der Waals surface area contributed by atoms with Crippen LogP contribution in [0.25, 0.3) is 0 Å². The Morgan fingerprint density at radius 2 is 2.05 bits per heavy atom. The Bertz CT molecular complexity index is 370. The molecule has 0 saturated carbocycles. The molecule has 1 aromatic rings. The summed E-state index contributed by atoms with van der Waals surface area (Å²) in [4.78, 5) is 5.87. The molecule has 3 nitrogen and oxygen atoms in total. The van der Waals surface area contributed by atoms with E-state index in [2.05, 4.69) is 44.9 Å². The van der Waals surface area contributed by atoms with Crippen molar-refractivity contribution < 1.29 is 4.74 Å². The van der Waals surface area contributed by atoms with Gasteiger partial charge in [0.15, 0.2) is 0 Å². The number of hydrogen-bond donors (Lipinski definition) is 1. The summed E-state index contributed by atoms with van der Waals surface area (Å²) >= 11 is 1.77. The maximum atomic E-state index is 5.89. The first-order chi connectivity index (χ1) is 8.90. The topological polar surface area (TPSA) is 34.2 Å². The summed E-state index contributed by atoms with van der Waals surface area (Å²) in [6, 6.07) is 0.369. The van der Waals surface area contributed by atoms with Gasteiger partial charge >= 0.3 is 0 Å². The van der Waals surface area contributed by atoms with Crippen LogP contribution in [0.4, 0.5) is 0 Å². The Labute approximate surface area is 121 Å². The molecule has 1 aromatic heterocycles. The van der Waals surface area contributed by atoms with E-state index in [-0.39, 0.29) is 11.5 Å². The van der Waals surface area contributed by atoms with Gasteiger partial charge in [-0.25, -0.2) is 4.98 Å². The zero-order valence-corrected chi connectivity index (χ0v) is 13.9. The van der Waals surface area contributed by atoms with E-state index in [0.717, 1.165) is 24.6 Å². The number of hydrogen-bond acceptors (Lipinski definition) is 4. The Kier molecular flexibility index (Phi) is 6.43. The first kappa shape index (κ1) is 16.6. The summed E-state index contributed by atoms with van der Waals surface area (Å²) < 4.78 is 5.89. The molecule has 1 rings (SSSR count). The van der Waals surface area contributed by atoms with Crippen molar-refractivity contribution in [3.63, 3.8) is 0 Å². The fourth-order valence-electron chi connectivity index (χ4n) is 1.94. The SMILES string of the molecule is CCCNC(C)c1cnc(C(OCC)C(C)(C)C)s1. The Balaban J connectivity index is 2.81. The smallest absolute Gasteiger partial charge is 0.122 e. The van der Waals surface area contributed by atoms with Crippen LogP contribution in [0.5, 0.6) is 0 Å². The molecule has 19 heavy (non-hydrogen) atoms. The normalized spacial score (nSPS) is 15.5. The zero-order valence-electron chi connectivity index (χ0n) is 13.1. The van der Waals surface area contributed by atoms with Crippen LogP contribution in [0.15, 0.2) is 6.20 Å². The molecular weight excluding hydrogens is 256 g/mol. The summed E-state index contributed by atoms with van der Waals surface area (Å²) in [6.07, 6.45) is 3.22. The summed E-state index contributed by atoms with van der Waals surface area (Å²) in [5.74, 6) is 0. The van der Waals surface area contributed by atoms with Crippen LogP contribution in [0.3, 0.4) is 0 Å². The molecule has 0 radical (unpaired) electrons. The van der Waals surface area contributed by atoms with Gasteiger partial charge in [-0.05, 0) is 32.2 Å². The second-order valence-electron chi connectivity index (χ2n) is 5.98. The Morgan fingerprint density at radius 1 is 1.37 bits per heavy atom. The van der Waals surface area contributed by atoms with Crippen LogP contribution in [-0.4, -0.2) is 18.1 Å². The van der Waals surface area contributed by atoms with Crippen LogP contribution in [0, 0.1) is 5.41 Å². The molecule has 1 heterocycles. The van der Waals surface area contributed by atoms with E-state index in [9.17, 15) is 0 Å². The second-order valence-corrected chi connectivity index (χ2v) is 7.07. The lowest BCUT2D eigenvalue weighted by atomic mass is 9.89. The molecule has 110 valence electrons. The van der Waals surface area contributed by atoms with Crippen molar-refractivity contribution in [2.24, 2.45) is 5.41 Å². The van der Waals surface area contributed by atoms with Crippen LogP contribution >= 0.6 is 11.3 Å². The van der Waals surface area contributed by atoms with E-state index in [1.165, 1.54) is 4.88 Å². The number of thiazole rings is 1. The molecule has 1 N–H and O–H groups in total. The summed E-state index contributed by atoms with van der Waals surface area (Å²) in [6.45, 7) is 14.8. The molecule has 0 spiro atoms. The van der Waals surface area contributed by atoms with Gasteiger partial charge in [0, 0.05) is 23.7 Å². The monoisotopic (exact) mass is 284 g/mol. The van der Waals surface area contributed by atoms with E-state index in [0.29, 0.717) is 6.04 Å². The predicted molar refractivity (Wildman–Crippen MR) is 82.6 cm³/mol. The number of nitrogens with zero attached hydrogens (tertiary/aromatic N) is 1. The van der Waals surface area contributed by atoms with Crippen molar-refractivity contribution in [1.29, 1.82) is 0 Å². The van der Waals surface area contributed by atoms with Crippen LogP contribution in [0.2, 0.25) is 0 Å².